The Kier molecular flexibility index (Phi) is 4.91. The van der Waals surface area contributed by atoms with Gasteiger partial charge in [-0.15, -0.1) is 0 Å². The van der Waals surface area contributed by atoms with Gasteiger partial charge in [-0.05, 0) is 25.1 Å². The van der Waals surface area contributed by atoms with Gasteiger partial charge in [0, 0.05) is 17.9 Å². The minimum Gasteiger partial charge on any atom is -0.459 e. The van der Waals surface area contributed by atoms with Crippen molar-refractivity contribution in [1.82, 2.24) is 5.32 Å². The number of fused-ring (bicyclic) bond motifs is 1. The molecular formula is C17H23NO3. The van der Waals surface area contributed by atoms with Crippen molar-refractivity contribution < 1.29 is 13.9 Å². The molecule has 4 nitrogen and oxygen atoms in total. The quantitative estimate of drug-likeness (QED) is 0.850. The molecule has 0 radical (unpaired) electrons. The second-order valence-electron chi connectivity index (χ2n) is 5.56. The average Bonchev–Trinajstić information content (AvgIpc) is 3.15. The molecule has 1 fully saturated rings. The van der Waals surface area contributed by atoms with Crippen LogP contribution in [-0.4, -0.2) is 33.0 Å². The third kappa shape index (κ3) is 3.64. The van der Waals surface area contributed by atoms with Gasteiger partial charge in [-0.1, -0.05) is 25.1 Å². The van der Waals surface area contributed by atoms with Crippen LogP contribution in [0.25, 0.3) is 11.0 Å². The lowest BCUT2D eigenvalue weighted by Crippen LogP contribution is -2.26. The first kappa shape index (κ1) is 14.6. The predicted molar refractivity (Wildman–Crippen MR) is 82.4 cm³/mol. The molecule has 1 aromatic heterocycles. The zero-order valence-electron chi connectivity index (χ0n) is 12.5. The highest BCUT2D eigenvalue weighted by Gasteiger charge is 2.19. The number of rotatable bonds is 7. The standard InChI is InChI=1S/C17H23NO3/c1-2-18-15(12-20-11-13-7-8-19-10-13)17-9-14-5-3-4-6-16(14)21-17/h3-6,9,13,15,18H,2,7-8,10-12H2,1H3. The highest BCUT2D eigenvalue weighted by Crippen LogP contribution is 2.24. The first-order chi connectivity index (χ1) is 10.4. The summed E-state index contributed by atoms with van der Waals surface area (Å²) in [4.78, 5) is 0. The number of para-hydroxylation sites is 1. The van der Waals surface area contributed by atoms with Gasteiger partial charge in [0.2, 0.25) is 0 Å². The van der Waals surface area contributed by atoms with Gasteiger partial charge < -0.3 is 19.2 Å². The summed E-state index contributed by atoms with van der Waals surface area (Å²) in [7, 11) is 0. The molecule has 1 aliphatic heterocycles. The summed E-state index contributed by atoms with van der Waals surface area (Å²) in [6, 6.07) is 10.3. The second kappa shape index (κ2) is 7.07. The Labute approximate surface area is 125 Å². The van der Waals surface area contributed by atoms with Crippen molar-refractivity contribution in [1.29, 1.82) is 0 Å². The highest BCUT2D eigenvalue weighted by atomic mass is 16.5. The van der Waals surface area contributed by atoms with E-state index in [1.165, 1.54) is 0 Å². The average molecular weight is 289 g/mol. The Bertz CT molecular complexity index is 527. The van der Waals surface area contributed by atoms with Gasteiger partial charge in [-0.3, -0.25) is 0 Å². The van der Waals surface area contributed by atoms with Crippen molar-refractivity contribution in [2.45, 2.75) is 19.4 Å². The van der Waals surface area contributed by atoms with E-state index in [0.717, 1.165) is 49.5 Å². The molecule has 0 aliphatic carbocycles. The predicted octanol–water partition coefficient (Wildman–Crippen LogP) is 3.14. The van der Waals surface area contributed by atoms with Crippen LogP contribution in [0.15, 0.2) is 34.7 Å². The fourth-order valence-corrected chi connectivity index (χ4v) is 2.73. The summed E-state index contributed by atoms with van der Waals surface area (Å²) in [5.41, 5.74) is 0.930. The van der Waals surface area contributed by atoms with Crippen LogP contribution in [0, 0.1) is 5.92 Å². The Morgan fingerprint density at radius 1 is 1.38 bits per heavy atom. The first-order valence-corrected chi connectivity index (χ1v) is 7.74. The van der Waals surface area contributed by atoms with Crippen LogP contribution in [0.4, 0.5) is 0 Å². The van der Waals surface area contributed by atoms with E-state index in [1.807, 2.05) is 18.2 Å². The third-order valence-electron chi connectivity index (χ3n) is 3.90. The molecule has 2 atom stereocenters. The molecule has 114 valence electrons. The zero-order valence-corrected chi connectivity index (χ0v) is 12.5. The molecular weight excluding hydrogens is 266 g/mol. The molecule has 3 rings (SSSR count). The lowest BCUT2D eigenvalue weighted by molar-refractivity contribution is 0.0710. The SMILES string of the molecule is CCNC(COCC1CCOC1)c1cc2ccccc2o1. The first-order valence-electron chi connectivity index (χ1n) is 7.74. The number of nitrogens with one attached hydrogen (secondary N) is 1. The monoisotopic (exact) mass is 289 g/mol. The van der Waals surface area contributed by atoms with Crippen LogP contribution in [0.1, 0.15) is 25.1 Å². The topological polar surface area (TPSA) is 43.6 Å². The van der Waals surface area contributed by atoms with E-state index in [4.69, 9.17) is 13.9 Å². The van der Waals surface area contributed by atoms with E-state index < -0.39 is 0 Å². The van der Waals surface area contributed by atoms with E-state index >= 15 is 0 Å². The van der Waals surface area contributed by atoms with Crippen LogP contribution in [0.5, 0.6) is 0 Å². The van der Waals surface area contributed by atoms with Gasteiger partial charge in [0.1, 0.15) is 11.3 Å². The highest BCUT2D eigenvalue weighted by molar-refractivity contribution is 5.77. The van der Waals surface area contributed by atoms with Gasteiger partial charge in [0.05, 0.1) is 25.9 Å². The minimum atomic E-state index is 0.102. The summed E-state index contributed by atoms with van der Waals surface area (Å²) in [6.45, 7) is 6.08. The molecule has 1 N–H and O–H groups in total. The van der Waals surface area contributed by atoms with Crippen molar-refractivity contribution in [2.75, 3.05) is 33.0 Å². The van der Waals surface area contributed by atoms with E-state index in [-0.39, 0.29) is 6.04 Å². The van der Waals surface area contributed by atoms with Gasteiger partial charge >= 0.3 is 0 Å². The number of hydrogen-bond donors (Lipinski definition) is 1. The van der Waals surface area contributed by atoms with Gasteiger partial charge in [0.15, 0.2) is 0 Å². The molecule has 2 heterocycles. The molecule has 0 amide bonds. The van der Waals surface area contributed by atoms with Gasteiger partial charge in [-0.2, -0.15) is 0 Å². The summed E-state index contributed by atoms with van der Waals surface area (Å²) in [5, 5.41) is 4.57. The maximum atomic E-state index is 5.94. The third-order valence-corrected chi connectivity index (χ3v) is 3.90. The van der Waals surface area contributed by atoms with Crippen molar-refractivity contribution in [3.8, 4) is 0 Å². The van der Waals surface area contributed by atoms with E-state index in [1.54, 1.807) is 0 Å². The van der Waals surface area contributed by atoms with Gasteiger partial charge in [0.25, 0.3) is 0 Å². The summed E-state index contributed by atoms with van der Waals surface area (Å²) >= 11 is 0. The maximum absolute atomic E-state index is 5.94. The summed E-state index contributed by atoms with van der Waals surface area (Å²) < 4.78 is 17.2. The van der Waals surface area contributed by atoms with Crippen LogP contribution < -0.4 is 5.32 Å². The van der Waals surface area contributed by atoms with Crippen molar-refractivity contribution in [3.05, 3.63) is 36.1 Å². The largest absolute Gasteiger partial charge is 0.459 e. The number of hydrogen-bond acceptors (Lipinski definition) is 4. The second-order valence-corrected chi connectivity index (χ2v) is 5.56. The Morgan fingerprint density at radius 3 is 3.05 bits per heavy atom. The maximum Gasteiger partial charge on any atom is 0.134 e. The summed E-state index contributed by atoms with van der Waals surface area (Å²) in [5.74, 6) is 1.49. The lowest BCUT2D eigenvalue weighted by atomic mass is 10.1. The molecule has 1 aromatic carbocycles. The Morgan fingerprint density at radius 2 is 2.29 bits per heavy atom. The van der Waals surface area contributed by atoms with Crippen molar-refractivity contribution >= 4 is 11.0 Å². The molecule has 0 spiro atoms. The summed E-state index contributed by atoms with van der Waals surface area (Å²) in [6.07, 6.45) is 1.11. The number of furan rings is 1. The smallest absolute Gasteiger partial charge is 0.134 e. The fraction of sp³-hybridized carbons (Fsp3) is 0.529. The van der Waals surface area contributed by atoms with Crippen molar-refractivity contribution in [2.24, 2.45) is 5.92 Å². The van der Waals surface area contributed by atoms with Crippen LogP contribution in [0.3, 0.4) is 0 Å². The normalized spacial score (nSPS) is 20.1. The van der Waals surface area contributed by atoms with Crippen molar-refractivity contribution in [3.63, 3.8) is 0 Å². The molecule has 4 heteroatoms. The molecule has 0 bridgehead atoms. The van der Waals surface area contributed by atoms with Crippen LogP contribution in [0.2, 0.25) is 0 Å². The number of likely N-dealkylation sites (N-methyl/N-ethyl adjacent to an activating group) is 1. The van der Waals surface area contributed by atoms with E-state index in [9.17, 15) is 0 Å². The molecule has 0 saturated carbocycles. The number of ether oxygens (including phenoxy) is 2. The fourth-order valence-electron chi connectivity index (χ4n) is 2.73. The van der Waals surface area contributed by atoms with Gasteiger partial charge in [-0.25, -0.2) is 0 Å². The molecule has 2 aromatic rings. The molecule has 2 unspecified atom stereocenters. The zero-order chi connectivity index (χ0) is 14.5. The molecule has 21 heavy (non-hydrogen) atoms. The van der Waals surface area contributed by atoms with E-state index in [2.05, 4.69) is 24.4 Å². The van der Waals surface area contributed by atoms with Crippen LogP contribution in [-0.2, 0) is 9.47 Å². The van der Waals surface area contributed by atoms with Crippen LogP contribution >= 0.6 is 0 Å². The van der Waals surface area contributed by atoms with E-state index in [0.29, 0.717) is 12.5 Å². The molecule has 1 saturated heterocycles. The minimum absolute atomic E-state index is 0.102. The Balaban J connectivity index is 1.62. The lowest BCUT2D eigenvalue weighted by Gasteiger charge is -2.17. The molecule has 1 aliphatic rings. The Hall–Kier alpha value is -1.36. The number of benzene rings is 1.